The minimum Gasteiger partial charge on any atom is -0.329 e. The molecule has 0 radical (unpaired) electrons. The van der Waals surface area contributed by atoms with Crippen molar-refractivity contribution in [1.29, 1.82) is 0 Å². The second kappa shape index (κ2) is 7.76. The first-order valence-electron chi connectivity index (χ1n) is 10.6. The van der Waals surface area contributed by atoms with Crippen molar-refractivity contribution in [3.63, 3.8) is 0 Å². The number of aryl methyl sites for hydroxylation is 1. The molecule has 0 saturated carbocycles. The fourth-order valence-electron chi connectivity index (χ4n) is 4.23. The third kappa shape index (κ3) is 3.38. The van der Waals surface area contributed by atoms with E-state index in [4.69, 9.17) is 4.98 Å². The molecule has 0 spiro atoms. The topological polar surface area (TPSA) is 59.0 Å². The van der Waals surface area contributed by atoms with Crippen LogP contribution in [0.3, 0.4) is 0 Å². The molecule has 2 heterocycles. The number of carbonyl (C=O) groups excluding carboxylic acids is 1. The van der Waals surface area contributed by atoms with E-state index < -0.39 is 0 Å². The molecule has 2 N–H and O–H groups in total. The van der Waals surface area contributed by atoms with Crippen LogP contribution in [0.2, 0.25) is 0 Å². The standard InChI is InChI=1S/C26H24N4O/c1-3-18-13-15-20(16-14-18)28-25(31)23-17(2)27-26-29-21-11-7-8-12-22(21)30(26)24(23)19-9-5-4-6-10-19/h4-16,24H,3H2,1-2H3,(H,27,29)(H,28,31)/t24-/m1/s1. The van der Waals surface area contributed by atoms with Crippen LogP contribution < -0.4 is 10.6 Å². The van der Waals surface area contributed by atoms with E-state index in [1.54, 1.807) is 0 Å². The van der Waals surface area contributed by atoms with Gasteiger partial charge in [0.2, 0.25) is 5.95 Å². The van der Waals surface area contributed by atoms with Crippen LogP contribution in [-0.4, -0.2) is 15.5 Å². The molecular formula is C26H24N4O. The maximum atomic E-state index is 13.5. The lowest BCUT2D eigenvalue weighted by Gasteiger charge is -2.30. The first-order chi connectivity index (χ1) is 15.2. The fourth-order valence-corrected chi connectivity index (χ4v) is 4.23. The zero-order valence-electron chi connectivity index (χ0n) is 17.6. The molecule has 1 aromatic heterocycles. The first kappa shape index (κ1) is 19.1. The van der Waals surface area contributed by atoms with Crippen LogP contribution in [0.4, 0.5) is 11.6 Å². The number of rotatable bonds is 4. The molecule has 5 heteroatoms. The van der Waals surface area contributed by atoms with Crippen molar-refractivity contribution in [3.05, 3.63) is 101 Å². The van der Waals surface area contributed by atoms with Crippen LogP contribution in [0.15, 0.2) is 90.1 Å². The Kier molecular flexibility index (Phi) is 4.79. The van der Waals surface area contributed by atoms with Gasteiger partial charge in [-0.25, -0.2) is 4.98 Å². The highest BCUT2D eigenvalue weighted by Crippen LogP contribution is 2.39. The summed E-state index contributed by atoms with van der Waals surface area (Å²) in [6.07, 6.45) is 0.967. The van der Waals surface area contributed by atoms with E-state index in [-0.39, 0.29) is 11.9 Å². The second-order valence-corrected chi connectivity index (χ2v) is 7.78. The lowest BCUT2D eigenvalue weighted by molar-refractivity contribution is -0.113. The number of para-hydroxylation sites is 2. The second-order valence-electron chi connectivity index (χ2n) is 7.78. The van der Waals surface area contributed by atoms with Gasteiger partial charge in [0, 0.05) is 11.4 Å². The molecule has 0 aliphatic carbocycles. The maximum Gasteiger partial charge on any atom is 0.255 e. The summed E-state index contributed by atoms with van der Waals surface area (Å²) >= 11 is 0. The molecule has 0 fully saturated rings. The van der Waals surface area contributed by atoms with Gasteiger partial charge in [-0.05, 0) is 48.7 Å². The van der Waals surface area contributed by atoms with Crippen LogP contribution >= 0.6 is 0 Å². The molecule has 1 aliphatic heterocycles. The fraction of sp³-hybridized carbons (Fsp3) is 0.154. The molecule has 154 valence electrons. The highest BCUT2D eigenvalue weighted by atomic mass is 16.1. The number of hydrogen-bond acceptors (Lipinski definition) is 3. The van der Waals surface area contributed by atoms with Crippen LogP contribution in [0.1, 0.15) is 31.0 Å². The van der Waals surface area contributed by atoms with Crippen LogP contribution in [0.25, 0.3) is 11.0 Å². The number of imidazole rings is 1. The van der Waals surface area contributed by atoms with Gasteiger partial charge in [0.1, 0.15) is 0 Å². The van der Waals surface area contributed by atoms with Gasteiger partial charge in [0.15, 0.2) is 0 Å². The normalized spacial score (nSPS) is 15.5. The summed E-state index contributed by atoms with van der Waals surface area (Å²) in [7, 11) is 0. The van der Waals surface area contributed by atoms with Crippen LogP contribution in [-0.2, 0) is 11.2 Å². The zero-order chi connectivity index (χ0) is 21.4. The molecule has 31 heavy (non-hydrogen) atoms. The number of fused-ring (bicyclic) bond motifs is 3. The van der Waals surface area contributed by atoms with Gasteiger partial charge in [-0.2, -0.15) is 0 Å². The van der Waals surface area contributed by atoms with Crippen molar-refractivity contribution in [2.24, 2.45) is 0 Å². The SMILES string of the molecule is CCc1ccc(NC(=O)C2=C(C)Nc3nc4ccccc4n3[C@@H]2c2ccccc2)cc1. The first-order valence-corrected chi connectivity index (χ1v) is 10.6. The van der Waals surface area contributed by atoms with E-state index in [0.29, 0.717) is 5.57 Å². The molecule has 3 aromatic carbocycles. The number of aromatic nitrogens is 2. The lowest BCUT2D eigenvalue weighted by atomic mass is 9.94. The molecule has 5 rings (SSSR count). The van der Waals surface area contributed by atoms with Gasteiger partial charge >= 0.3 is 0 Å². The van der Waals surface area contributed by atoms with E-state index in [1.165, 1.54) is 5.56 Å². The van der Waals surface area contributed by atoms with Crippen molar-refractivity contribution in [2.45, 2.75) is 26.3 Å². The van der Waals surface area contributed by atoms with Gasteiger partial charge in [-0.3, -0.25) is 9.36 Å². The van der Waals surface area contributed by atoms with Gasteiger partial charge in [0.25, 0.3) is 5.91 Å². The number of benzene rings is 3. The predicted molar refractivity (Wildman–Crippen MR) is 125 cm³/mol. The molecule has 0 bridgehead atoms. The number of allylic oxidation sites excluding steroid dienone is 1. The van der Waals surface area contributed by atoms with Crippen molar-refractivity contribution >= 4 is 28.6 Å². The molecule has 0 unspecified atom stereocenters. The average molecular weight is 409 g/mol. The Morgan fingerprint density at radius 1 is 1.00 bits per heavy atom. The molecule has 4 aromatic rings. The Bertz CT molecular complexity index is 1290. The zero-order valence-corrected chi connectivity index (χ0v) is 17.6. The van der Waals surface area contributed by atoms with Crippen LogP contribution in [0, 0.1) is 0 Å². The molecular weight excluding hydrogens is 384 g/mol. The minimum absolute atomic E-state index is 0.119. The van der Waals surface area contributed by atoms with Gasteiger partial charge in [-0.15, -0.1) is 0 Å². The predicted octanol–water partition coefficient (Wildman–Crippen LogP) is 5.53. The summed E-state index contributed by atoms with van der Waals surface area (Å²) in [5, 5.41) is 6.45. The average Bonchev–Trinajstić information content (AvgIpc) is 3.17. The molecule has 0 saturated heterocycles. The van der Waals surface area contributed by atoms with Crippen molar-refractivity contribution < 1.29 is 4.79 Å². The lowest BCUT2D eigenvalue weighted by Crippen LogP contribution is -2.30. The van der Waals surface area contributed by atoms with E-state index in [0.717, 1.165) is 40.4 Å². The maximum absolute atomic E-state index is 13.5. The highest BCUT2D eigenvalue weighted by Gasteiger charge is 2.33. The monoisotopic (exact) mass is 408 g/mol. The van der Waals surface area contributed by atoms with E-state index in [2.05, 4.69) is 34.3 Å². The quantitative estimate of drug-likeness (QED) is 0.467. The smallest absolute Gasteiger partial charge is 0.255 e. The van der Waals surface area contributed by atoms with E-state index in [9.17, 15) is 4.79 Å². The van der Waals surface area contributed by atoms with Gasteiger partial charge in [0.05, 0.1) is 22.6 Å². The van der Waals surface area contributed by atoms with Crippen LogP contribution in [0.5, 0.6) is 0 Å². The largest absolute Gasteiger partial charge is 0.329 e. The van der Waals surface area contributed by atoms with E-state index >= 15 is 0 Å². The number of carbonyl (C=O) groups is 1. The number of anilines is 2. The summed E-state index contributed by atoms with van der Waals surface area (Å²) in [5.74, 6) is 0.628. The Morgan fingerprint density at radius 3 is 2.45 bits per heavy atom. The summed E-state index contributed by atoms with van der Waals surface area (Å²) in [6, 6.07) is 25.9. The van der Waals surface area contributed by atoms with Gasteiger partial charge in [-0.1, -0.05) is 61.5 Å². The number of amides is 1. The summed E-state index contributed by atoms with van der Waals surface area (Å²) in [5.41, 5.74) is 6.44. The summed E-state index contributed by atoms with van der Waals surface area (Å²) < 4.78 is 2.12. The number of nitrogens with zero attached hydrogens (tertiary/aromatic N) is 2. The summed E-state index contributed by atoms with van der Waals surface area (Å²) in [4.78, 5) is 18.3. The van der Waals surface area contributed by atoms with Crippen molar-refractivity contribution in [3.8, 4) is 0 Å². The van der Waals surface area contributed by atoms with E-state index in [1.807, 2.05) is 73.7 Å². The summed E-state index contributed by atoms with van der Waals surface area (Å²) in [6.45, 7) is 4.06. The Hall–Kier alpha value is -3.86. The van der Waals surface area contributed by atoms with Crippen molar-refractivity contribution in [2.75, 3.05) is 10.6 Å². The third-order valence-electron chi connectivity index (χ3n) is 5.81. The molecule has 1 atom stereocenters. The minimum atomic E-state index is -0.278. The molecule has 1 aliphatic rings. The highest BCUT2D eigenvalue weighted by molar-refractivity contribution is 6.06. The Labute approximate surface area is 181 Å². The Balaban J connectivity index is 1.61. The third-order valence-corrected chi connectivity index (χ3v) is 5.81. The number of nitrogens with one attached hydrogen (secondary N) is 2. The Morgan fingerprint density at radius 2 is 1.71 bits per heavy atom. The molecule has 5 nitrogen and oxygen atoms in total. The molecule has 1 amide bonds. The van der Waals surface area contributed by atoms with Crippen molar-refractivity contribution in [1.82, 2.24) is 9.55 Å². The number of hydrogen-bond donors (Lipinski definition) is 2. The van der Waals surface area contributed by atoms with Gasteiger partial charge < -0.3 is 10.6 Å².